The number of thioether (sulfide) groups is 1. The lowest BCUT2D eigenvalue weighted by Crippen LogP contribution is -2.20. The van der Waals surface area contributed by atoms with Gasteiger partial charge < -0.3 is 15.0 Å². The highest BCUT2D eigenvalue weighted by atomic mass is 32.2. The van der Waals surface area contributed by atoms with Crippen LogP contribution in [0.2, 0.25) is 0 Å². The second-order valence-corrected chi connectivity index (χ2v) is 9.47. The van der Waals surface area contributed by atoms with Crippen LogP contribution in [0.3, 0.4) is 0 Å². The van der Waals surface area contributed by atoms with Crippen LogP contribution < -0.4 is 15.6 Å². The van der Waals surface area contributed by atoms with Crippen molar-refractivity contribution in [2.45, 2.75) is 28.8 Å². The SMILES string of the molecule is CCOc1ccc(S(=O)(=O)c2cnc(SCC(=O)Nc3ccc(C)c(F)c3)[nH]c2=O)cc1. The van der Waals surface area contributed by atoms with Crippen molar-refractivity contribution in [2.24, 2.45) is 0 Å². The molecule has 0 radical (unpaired) electrons. The van der Waals surface area contributed by atoms with Crippen LogP contribution in [-0.2, 0) is 14.6 Å². The first kappa shape index (κ1) is 23.5. The lowest BCUT2D eigenvalue weighted by molar-refractivity contribution is -0.113. The van der Waals surface area contributed by atoms with Crippen molar-refractivity contribution in [3.05, 3.63) is 70.4 Å². The third-order valence-corrected chi connectivity index (χ3v) is 6.92. The Labute approximate surface area is 188 Å². The molecule has 0 bridgehead atoms. The molecule has 1 aromatic heterocycles. The van der Waals surface area contributed by atoms with Gasteiger partial charge in [0.25, 0.3) is 5.56 Å². The summed E-state index contributed by atoms with van der Waals surface area (Å²) in [5.74, 6) is -0.488. The number of nitrogens with zero attached hydrogens (tertiary/aromatic N) is 1. The molecule has 2 aromatic carbocycles. The quantitative estimate of drug-likeness (QED) is 0.378. The number of hydrogen-bond donors (Lipinski definition) is 2. The summed E-state index contributed by atoms with van der Waals surface area (Å²) >= 11 is 0.908. The largest absolute Gasteiger partial charge is 0.494 e. The van der Waals surface area contributed by atoms with E-state index in [2.05, 4.69) is 15.3 Å². The lowest BCUT2D eigenvalue weighted by atomic mass is 10.2. The standard InChI is InChI=1S/C21H20FN3O5S2/c1-3-30-15-6-8-16(9-7-15)32(28,29)18-11-23-21(25-20(18)27)31-12-19(26)24-14-5-4-13(2)17(22)10-14/h4-11H,3,12H2,1-2H3,(H,24,26)(H,23,25,27). The van der Waals surface area contributed by atoms with Crippen molar-refractivity contribution in [2.75, 3.05) is 17.7 Å². The van der Waals surface area contributed by atoms with E-state index in [4.69, 9.17) is 4.74 Å². The normalized spacial score (nSPS) is 11.2. The van der Waals surface area contributed by atoms with Gasteiger partial charge in [0.1, 0.15) is 11.6 Å². The zero-order valence-electron chi connectivity index (χ0n) is 17.2. The maximum absolute atomic E-state index is 13.6. The number of hydrogen-bond acceptors (Lipinski definition) is 7. The third-order valence-electron chi connectivity index (χ3n) is 4.27. The fraction of sp³-hybridized carbons (Fsp3) is 0.190. The summed E-state index contributed by atoms with van der Waals surface area (Å²) in [6.45, 7) is 3.86. The molecule has 0 atom stereocenters. The average Bonchev–Trinajstić information content (AvgIpc) is 2.75. The Morgan fingerprint density at radius 1 is 1.22 bits per heavy atom. The molecular weight excluding hydrogens is 457 g/mol. The van der Waals surface area contributed by atoms with E-state index < -0.39 is 32.0 Å². The minimum Gasteiger partial charge on any atom is -0.494 e. The van der Waals surface area contributed by atoms with Gasteiger partial charge in [0.2, 0.25) is 15.7 Å². The van der Waals surface area contributed by atoms with E-state index in [0.717, 1.165) is 18.0 Å². The highest BCUT2D eigenvalue weighted by Gasteiger charge is 2.22. The highest BCUT2D eigenvalue weighted by molar-refractivity contribution is 7.99. The van der Waals surface area contributed by atoms with E-state index in [1.54, 1.807) is 26.0 Å². The van der Waals surface area contributed by atoms with Gasteiger partial charge in [0.15, 0.2) is 10.1 Å². The minimum absolute atomic E-state index is 0.0710. The molecule has 11 heteroatoms. The van der Waals surface area contributed by atoms with Gasteiger partial charge >= 0.3 is 0 Å². The fourth-order valence-electron chi connectivity index (χ4n) is 2.64. The zero-order valence-corrected chi connectivity index (χ0v) is 18.8. The molecule has 2 N–H and O–H groups in total. The number of amides is 1. The number of aromatic nitrogens is 2. The van der Waals surface area contributed by atoms with Gasteiger partial charge in [-0.25, -0.2) is 17.8 Å². The van der Waals surface area contributed by atoms with E-state index >= 15 is 0 Å². The van der Waals surface area contributed by atoms with Crippen molar-refractivity contribution in [1.82, 2.24) is 9.97 Å². The van der Waals surface area contributed by atoms with Crippen LogP contribution >= 0.6 is 11.8 Å². The van der Waals surface area contributed by atoms with E-state index in [9.17, 15) is 22.4 Å². The Bertz CT molecular complexity index is 1290. The number of nitrogens with one attached hydrogen (secondary N) is 2. The summed E-state index contributed by atoms with van der Waals surface area (Å²) in [5, 5.41) is 2.61. The second-order valence-electron chi connectivity index (χ2n) is 6.59. The molecule has 168 valence electrons. The summed E-state index contributed by atoms with van der Waals surface area (Å²) in [6, 6.07) is 10.0. The van der Waals surface area contributed by atoms with Crippen molar-refractivity contribution in [1.29, 1.82) is 0 Å². The Hall–Kier alpha value is -3.18. The Morgan fingerprint density at radius 3 is 2.56 bits per heavy atom. The van der Waals surface area contributed by atoms with Crippen molar-refractivity contribution in [3.63, 3.8) is 0 Å². The molecule has 0 aliphatic heterocycles. The molecule has 0 fully saturated rings. The second kappa shape index (κ2) is 9.96. The summed E-state index contributed by atoms with van der Waals surface area (Å²) in [5.41, 5.74) is -0.0891. The molecule has 0 aliphatic carbocycles. The van der Waals surface area contributed by atoms with E-state index in [1.165, 1.54) is 30.3 Å². The number of halogens is 1. The Balaban J connectivity index is 1.68. The summed E-state index contributed by atoms with van der Waals surface area (Å²) < 4.78 is 44.4. The van der Waals surface area contributed by atoms with E-state index in [0.29, 0.717) is 23.6 Å². The number of carbonyl (C=O) groups is 1. The minimum atomic E-state index is -4.08. The molecule has 1 amide bonds. The van der Waals surface area contributed by atoms with Crippen molar-refractivity contribution in [3.8, 4) is 5.75 Å². The Morgan fingerprint density at radius 2 is 1.94 bits per heavy atom. The Kier molecular flexibility index (Phi) is 7.31. The van der Waals surface area contributed by atoms with Gasteiger partial charge in [-0.1, -0.05) is 17.8 Å². The molecule has 0 saturated carbocycles. The molecule has 1 heterocycles. The van der Waals surface area contributed by atoms with E-state index in [1.807, 2.05) is 0 Å². The monoisotopic (exact) mass is 477 g/mol. The number of ether oxygens (including phenoxy) is 1. The van der Waals surface area contributed by atoms with Gasteiger partial charge in [0.05, 0.1) is 23.5 Å². The fourth-order valence-corrected chi connectivity index (χ4v) is 4.51. The predicted octanol–water partition coefficient (Wildman–Crippen LogP) is 3.18. The molecule has 0 aliphatic rings. The predicted molar refractivity (Wildman–Crippen MR) is 118 cm³/mol. The summed E-state index contributed by atoms with van der Waals surface area (Å²) in [4.78, 5) is 30.2. The van der Waals surface area contributed by atoms with Crippen LogP contribution in [0, 0.1) is 12.7 Å². The maximum Gasteiger partial charge on any atom is 0.270 e. The number of aromatic amines is 1. The van der Waals surface area contributed by atoms with Gasteiger partial charge in [-0.05, 0) is 55.8 Å². The topological polar surface area (TPSA) is 118 Å². The lowest BCUT2D eigenvalue weighted by Gasteiger charge is -2.07. The molecule has 3 rings (SSSR count). The first-order valence-electron chi connectivity index (χ1n) is 9.46. The van der Waals surface area contributed by atoms with Crippen LogP contribution in [0.4, 0.5) is 10.1 Å². The molecule has 0 unspecified atom stereocenters. The van der Waals surface area contributed by atoms with Crippen molar-refractivity contribution >= 4 is 33.2 Å². The van der Waals surface area contributed by atoms with Gasteiger partial charge in [0, 0.05) is 5.69 Å². The van der Waals surface area contributed by atoms with Crippen LogP contribution in [0.1, 0.15) is 12.5 Å². The number of sulfone groups is 1. The third kappa shape index (κ3) is 5.54. The molecule has 8 nitrogen and oxygen atoms in total. The van der Waals surface area contributed by atoms with Crippen LogP contribution in [0.25, 0.3) is 0 Å². The van der Waals surface area contributed by atoms with Crippen LogP contribution in [-0.4, -0.2) is 36.7 Å². The number of H-pyrrole nitrogens is 1. The van der Waals surface area contributed by atoms with Crippen LogP contribution in [0.5, 0.6) is 5.75 Å². The first-order valence-corrected chi connectivity index (χ1v) is 11.9. The molecule has 32 heavy (non-hydrogen) atoms. The number of aryl methyl sites for hydroxylation is 1. The number of anilines is 1. The van der Waals surface area contributed by atoms with Gasteiger partial charge in [-0.3, -0.25) is 9.59 Å². The van der Waals surface area contributed by atoms with Gasteiger partial charge in [-0.15, -0.1) is 0 Å². The molecule has 0 saturated heterocycles. The highest BCUT2D eigenvalue weighted by Crippen LogP contribution is 2.22. The zero-order chi connectivity index (χ0) is 23.3. The maximum atomic E-state index is 13.6. The number of rotatable bonds is 8. The molecule has 3 aromatic rings. The summed E-state index contributed by atoms with van der Waals surface area (Å²) in [6.07, 6.45) is 0.959. The average molecular weight is 478 g/mol. The number of benzene rings is 2. The molecular formula is C21H20FN3O5S2. The van der Waals surface area contributed by atoms with Gasteiger partial charge in [-0.2, -0.15) is 0 Å². The van der Waals surface area contributed by atoms with E-state index in [-0.39, 0.29) is 15.8 Å². The smallest absolute Gasteiger partial charge is 0.270 e. The number of carbonyl (C=O) groups excluding carboxylic acids is 1. The van der Waals surface area contributed by atoms with Crippen molar-refractivity contribution < 1.29 is 22.3 Å². The first-order chi connectivity index (χ1) is 15.2. The summed E-state index contributed by atoms with van der Waals surface area (Å²) in [7, 11) is -4.08. The van der Waals surface area contributed by atoms with Crippen LogP contribution in [0.15, 0.2) is 68.4 Å². The molecule has 0 spiro atoms.